The average Bonchev–Trinajstić information content (AvgIpc) is 2.77. The molecule has 1 saturated heterocycles. The van der Waals surface area contributed by atoms with Crippen LogP contribution in [0.1, 0.15) is 39.2 Å². The van der Waals surface area contributed by atoms with Crippen molar-refractivity contribution in [2.24, 2.45) is 0 Å². The maximum atomic E-state index is 12.3. The Labute approximate surface area is 141 Å². The lowest BCUT2D eigenvalue weighted by molar-refractivity contribution is -0.123. The molecular formula is C17H21NO2S2. The second-order valence-electron chi connectivity index (χ2n) is 4.55. The van der Waals surface area contributed by atoms with Crippen LogP contribution in [0.4, 0.5) is 0 Å². The van der Waals surface area contributed by atoms with Crippen LogP contribution in [-0.2, 0) is 9.59 Å². The minimum Gasteiger partial charge on any atom is -0.300 e. The molecular weight excluding hydrogens is 314 g/mol. The lowest BCUT2D eigenvalue weighted by Crippen LogP contribution is -2.29. The van der Waals surface area contributed by atoms with Crippen LogP contribution in [0.2, 0.25) is 0 Å². The fraction of sp³-hybridized carbons (Fsp3) is 0.353. The minimum atomic E-state index is -0.0626. The SMILES string of the molecule is CC.CC(=O)CCCN1C(=O)/C(=C/c2ccccc2)SC1=S. The van der Waals surface area contributed by atoms with Gasteiger partial charge in [-0.05, 0) is 25.0 Å². The van der Waals surface area contributed by atoms with Gasteiger partial charge in [-0.2, -0.15) is 0 Å². The number of ketones is 1. The highest BCUT2D eigenvalue weighted by molar-refractivity contribution is 8.26. The largest absolute Gasteiger partial charge is 0.300 e. The van der Waals surface area contributed by atoms with E-state index < -0.39 is 0 Å². The van der Waals surface area contributed by atoms with Crippen LogP contribution in [0, 0.1) is 0 Å². The second-order valence-corrected chi connectivity index (χ2v) is 6.23. The molecule has 0 radical (unpaired) electrons. The highest BCUT2D eigenvalue weighted by atomic mass is 32.2. The first kappa shape index (κ1) is 18.6. The van der Waals surface area contributed by atoms with Crippen molar-refractivity contribution < 1.29 is 9.59 Å². The van der Waals surface area contributed by atoms with Crippen molar-refractivity contribution >= 4 is 46.1 Å². The fourth-order valence-electron chi connectivity index (χ4n) is 1.88. The van der Waals surface area contributed by atoms with Crippen LogP contribution in [0.5, 0.6) is 0 Å². The molecule has 1 aliphatic heterocycles. The molecule has 5 heteroatoms. The summed E-state index contributed by atoms with van der Waals surface area (Å²) in [5, 5.41) is 0. The van der Waals surface area contributed by atoms with Gasteiger partial charge in [-0.3, -0.25) is 9.69 Å². The monoisotopic (exact) mass is 335 g/mol. The molecule has 1 amide bonds. The van der Waals surface area contributed by atoms with Gasteiger partial charge in [0, 0.05) is 13.0 Å². The molecule has 118 valence electrons. The maximum Gasteiger partial charge on any atom is 0.266 e. The third kappa shape index (κ3) is 5.39. The first-order chi connectivity index (χ1) is 10.6. The van der Waals surface area contributed by atoms with E-state index in [1.807, 2.05) is 50.3 Å². The standard InChI is InChI=1S/C15H15NO2S2.C2H6/c1-11(17)6-5-9-16-14(18)13(20-15(16)19)10-12-7-3-2-4-8-12;1-2/h2-4,7-8,10H,5-6,9H2,1H3;1-2H3/b13-10-;. The van der Waals surface area contributed by atoms with Gasteiger partial charge in [-0.25, -0.2) is 0 Å². The highest BCUT2D eigenvalue weighted by Crippen LogP contribution is 2.32. The van der Waals surface area contributed by atoms with E-state index in [4.69, 9.17) is 12.2 Å². The van der Waals surface area contributed by atoms with E-state index in [2.05, 4.69) is 0 Å². The zero-order valence-electron chi connectivity index (χ0n) is 13.2. The van der Waals surface area contributed by atoms with E-state index in [0.29, 0.717) is 28.6 Å². The molecule has 0 unspecified atom stereocenters. The first-order valence-electron chi connectivity index (χ1n) is 7.38. The zero-order valence-corrected chi connectivity index (χ0v) is 14.8. The zero-order chi connectivity index (χ0) is 16.5. The van der Waals surface area contributed by atoms with Gasteiger partial charge in [0.2, 0.25) is 0 Å². The van der Waals surface area contributed by atoms with Gasteiger partial charge < -0.3 is 4.79 Å². The van der Waals surface area contributed by atoms with Crippen LogP contribution < -0.4 is 0 Å². The van der Waals surface area contributed by atoms with E-state index in [9.17, 15) is 9.59 Å². The van der Waals surface area contributed by atoms with Crippen molar-refractivity contribution in [1.82, 2.24) is 4.90 Å². The topological polar surface area (TPSA) is 37.4 Å². The number of hydrogen-bond acceptors (Lipinski definition) is 4. The number of Topliss-reactive ketones (excluding diaryl/α,β-unsaturated/α-hetero) is 1. The number of thioether (sulfide) groups is 1. The highest BCUT2D eigenvalue weighted by Gasteiger charge is 2.31. The van der Waals surface area contributed by atoms with Crippen molar-refractivity contribution in [3.8, 4) is 0 Å². The summed E-state index contributed by atoms with van der Waals surface area (Å²) in [4.78, 5) is 25.4. The predicted molar refractivity (Wildman–Crippen MR) is 97.6 cm³/mol. The summed E-state index contributed by atoms with van der Waals surface area (Å²) in [7, 11) is 0. The van der Waals surface area contributed by atoms with E-state index in [0.717, 1.165) is 5.56 Å². The number of thiocarbonyl (C=S) groups is 1. The van der Waals surface area contributed by atoms with E-state index in [1.54, 1.807) is 11.8 Å². The molecule has 22 heavy (non-hydrogen) atoms. The van der Waals surface area contributed by atoms with Crippen molar-refractivity contribution in [1.29, 1.82) is 0 Å². The van der Waals surface area contributed by atoms with Crippen molar-refractivity contribution in [3.05, 3.63) is 40.8 Å². The average molecular weight is 335 g/mol. The number of carbonyl (C=O) groups excluding carboxylic acids is 2. The Morgan fingerprint density at radius 2 is 1.91 bits per heavy atom. The molecule has 1 aromatic rings. The molecule has 0 aliphatic carbocycles. The Balaban J connectivity index is 0.00000116. The Morgan fingerprint density at radius 1 is 1.27 bits per heavy atom. The summed E-state index contributed by atoms with van der Waals surface area (Å²) in [6, 6.07) is 9.69. The van der Waals surface area contributed by atoms with Crippen LogP contribution in [-0.4, -0.2) is 27.5 Å². The van der Waals surface area contributed by atoms with E-state index in [1.165, 1.54) is 11.8 Å². The van der Waals surface area contributed by atoms with Crippen molar-refractivity contribution in [2.75, 3.05) is 6.54 Å². The van der Waals surface area contributed by atoms with Gasteiger partial charge in [-0.1, -0.05) is 68.2 Å². The Kier molecular flexibility index (Phi) is 8.06. The molecule has 0 saturated carbocycles. The molecule has 1 aliphatic rings. The third-order valence-corrected chi connectivity index (χ3v) is 4.26. The Bertz CT molecular complexity index is 567. The fourth-order valence-corrected chi connectivity index (χ4v) is 3.19. The van der Waals surface area contributed by atoms with Crippen LogP contribution in [0.3, 0.4) is 0 Å². The number of nitrogens with zero attached hydrogens (tertiary/aromatic N) is 1. The summed E-state index contributed by atoms with van der Waals surface area (Å²) in [6.07, 6.45) is 2.99. The van der Waals surface area contributed by atoms with Gasteiger partial charge in [0.15, 0.2) is 0 Å². The quantitative estimate of drug-likeness (QED) is 0.594. The Morgan fingerprint density at radius 3 is 2.50 bits per heavy atom. The molecule has 0 bridgehead atoms. The molecule has 0 spiro atoms. The second kappa shape index (κ2) is 9.54. The summed E-state index contributed by atoms with van der Waals surface area (Å²) in [5.74, 6) is 0.0719. The molecule has 1 heterocycles. The molecule has 0 N–H and O–H groups in total. The summed E-state index contributed by atoms with van der Waals surface area (Å²) >= 11 is 6.55. The van der Waals surface area contributed by atoms with E-state index in [-0.39, 0.29) is 11.7 Å². The minimum absolute atomic E-state index is 0.0626. The van der Waals surface area contributed by atoms with Crippen molar-refractivity contribution in [2.45, 2.75) is 33.6 Å². The lowest BCUT2D eigenvalue weighted by Gasteiger charge is -2.13. The molecule has 3 nitrogen and oxygen atoms in total. The third-order valence-electron chi connectivity index (χ3n) is 2.88. The summed E-state index contributed by atoms with van der Waals surface area (Å²) < 4.78 is 0.570. The number of hydrogen-bond donors (Lipinski definition) is 0. The Hall–Kier alpha value is -1.46. The smallest absolute Gasteiger partial charge is 0.266 e. The van der Waals surface area contributed by atoms with Crippen LogP contribution >= 0.6 is 24.0 Å². The van der Waals surface area contributed by atoms with E-state index >= 15 is 0 Å². The van der Waals surface area contributed by atoms with Gasteiger partial charge in [0.1, 0.15) is 10.1 Å². The number of carbonyl (C=O) groups is 2. The molecule has 0 aromatic heterocycles. The number of benzene rings is 1. The lowest BCUT2D eigenvalue weighted by atomic mass is 10.2. The normalized spacial score (nSPS) is 15.8. The van der Waals surface area contributed by atoms with Gasteiger partial charge in [-0.15, -0.1) is 0 Å². The predicted octanol–water partition coefficient (Wildman–Crippen LogP) is 4.28. The molecule has 1 fully saturated rings. The van der Waals surface area contributed by atoms with Crippen LogP contribution in [0.15, 0.2) is 35.2 Å². The number of rotatable bonds is 5. The number of amides is 1. The van der Waals surface area contributed by atoms with Crippen LogP contribution in [0.25, 0.3) is 6.08 Å². The maximum absolute atomic E-state index is 12.3. The summed E-state index contributed by atoms with van der Waals surface area (Å²) in [6.45, 7) is 6.07. The van der Waals surface area contributed by atoms with Gasteiger partial charge >= 0.3 is 0 Å². The molecule has 0 atom stereocenters. The molecule has 1 aromatic carbocycles. The first-order valence-corrected chi connectivity index (χ1v) is 8.60. The van der Waals surface area contributed by atoms with Crippen molar-refractivity contribution in [3.63, 3.8) is 0 Å². The van der Waals surface area contributed by atoms with Gasteiger partial charge in [0.05, 0.1) is 4.91 Å². The molecule has 2 rings (SSSR count). The summed E-state index contributed by atoms with van der Waals surface area (Å²) in [5.41, 5.74) is 0.983. The van der Waals surface area contributed by atoms with Gasteiger partial charge in [0.25, 0.3) is 5.91 Å².